The summed E-state index contributed by atoms with van der Waals surface area (Å²) in [5.74, 6) is -0.426. The number of carbonyl (C=O) groups is 2. The summed E-state index contributed by atoms with van der Waals surface area (Å²) < 4.78 is 10.4. The molecule has 102 valence electrons. The Bertz CT molecular complexity index is 354. The largest absolute Gasteiger partial charge is 0.461 e. The molecule has 18 heavy (non-hydrogen) atoms. The lowest BCUT2D eigenvalue weighted by molar-refractivity contribution is -0.151. The van der Waals surface area contributed by atoms with Crippen molar-refractivity contribution in [3.8, 4) is 0 Å². The molecule has 0 bridgehead atoms. The van der Waals surface area contributed by atoms with E-state index < -0.39 is 23.7 Å². The first-order valence-corrected chi connectivity index (χ1v) is 6.07. The van der Waals surface area contributed by atoms with Crippen LogP contribution in [0.15, 0.2) is 12.2 Å². The molecule has 1 rings (SSSR count). The van der Waals surface area contributed by atoms with Crippen LogP contribution in [0.2, 0.25) is 0 Å². The second kappa shape index (κ2) is 5.42. The van der Waals surface area contributed by atoms with Gasteiger partial charge in [0.25, 0.3) is 0 Å². The van der Waals surface area contributed by atoms with Crippen molar-refractivity contribution in [2.45, 2.75) is 52.4 Å². The summed E-state index contributed by atoms with van der Waals surface area (Å²) >= 11 is 0. The van der Waals surface area contributed by atoms with Crippen LogP contribution in [0.4, 0.5) is 4.79 Å². The third-order valence-electron chi connectivity index (χ3n) is 2.18. The molecule has 1 atom stereocenters. The zero-order valence-electron chi connectivity index (χ0n) is 11.6. The normalized spacial score (nSPS) is 19.2. The number of hydrogen-bond donors (Lipinski definition) is 0. The van der Waals surface area contributed by atoms with Gasteiger partial charge in [0.1, 0.15) is 5.60 Å². The van der Waals surface area contributed by atoms with Crippen molar-refractivity contribution < 1.29 is 19.1 Å². The highest BCUT2D eigenvalue weighted by Crippen LogP contribution is 2.17. The van der Waals surface area contributed by atoms with E-state index in [9.17, 15) is 9.59 Å². The van der Waals surface area contributed by atoms with E-state index in [1.54, 1.807) is 46.8 Å². The molecule has 0 spiro atoms. The molecular formula is C13H21NO4. The first-order chi connectivity index (χ1) is 8.20. The molecule has 0 aliphatic carbocycles. The lowest BCUT2D eigenvalue weighted by Gasteiger charge is -2.27. The fraction of sp³-hybridized carbons (Fsp3) is 0.692. The van der Waals surface area contributed by atoms with Crippen LogP contribution < -0.4 is 0 Å². The van der Waals surface area contributed by atoms with Crippen molar-refractivity contribution in [1.29, 1.82) is 0 Å². The second-order valence-electron chi connectivity index (χ2n) is 5.49. The minimum Gasteiger partial charge on any atom is -0.461 e. The average molecular weight is 255 g/mol. The summed E-state index contributed by atoms with van der Waals surface area (Å²) in [4.78, 5) is 25.1. The van der Waals surface area contributed by atoms with Crippen molar-refractivity contribution in [3.63, 3.8) is 0 Å². The predicted molar refractivity (Wildman–Crippen MR) is 67.1 cm³/mol. The van der Waals surface area contributed by atoms with Gasteiger partial charge in [0.05, 0.1) is 6.10 Å². The third kappa shape index (κ3) is 4.05. The van der Waals surface area contributed by atoms with Crippen molar-refractivity contribution in [3.05, 3.63) is 12.2 Å². The van der Waals surface area contributed by atoms with Crippen molar-refractivity contribution in [1.82, 2.24) is 4.90 Å². The smallest absolute Gasteiger partial charge is 0.411 e. The molecule has 0 saturated heterocycles. The van der Waals surface area contributed by atoms with Gasteiger partial charge in [-0.25, -0.2) is 9.59 Å². The van der Waals surface area contributed by atoms with E-state index in [4.69, 9.17) is 9.47 Å². The number of carbonyl (C=O) groups excluding carboxylic acids is 2. The highest BCUT2D eigenvalue weighted by atomic mass is 16.6. The number of hydrogen-bond acceptors (Lipinski definition) is 4. The molecule has 0 unspecified atom stereocenters. The molecule has 5 heteroatoms. The van der Waals surface area contributed by atoms with E-state index >= 15 is 0 Å². The number of amides is 1. The fourth-order valence-electron chi connectivity index (χ4n) is 1.54. The van der Waals surface area contributed by atoms with E-state index in [2.05, 4.69) is 0 Å². The van der Waals surface area contributed by atoms with Crippen molar-refractivity contribution in [2.24, 2.45) is 0 Å². The molecule has 1 aliphatic heterocycles. The van der Waals surface area contributed by atoms with Crippen molar-refractivity contribution >= 4 is 12.1 Å². The Balaban J connectivity index is 2.66. The molecule has 5 nitrogen and oxygen atoms in total. The molecule has 0 aromatic rings. The molecular weight excluding hydrogens is 234 g/mol. The van der Waals surface area contributed by atoms with Crippen molar-refractivity contribution in [2.75, 3.05) is 6.54 Å². The maximum absolute atomic E-state index is 11.9. The van der Waals surface area contributed by atoms with E-state index in [1.165, 1.54) is 4.90 Å². The SMILES string of the molecule is CC(C)OC(=O)[C@H]1C=CCN1C(=O)OC(C)(C)C. The summed E-state index contributed by atoms with van der Waals surface area (Å²) in [6, 6.07) is -0.678. The van der Waals surface area contributed by atoms with Gasteiger partial charge in [0.15, 0.2) is 6.04 Å². The van der Waals surface area contributed by atoms with Crippen LogP contribution in [0, 0.1) is 0 Å². The molecule has 0 aromatic carbocycles. The molecule has 0 N–H and O–H groups in total. The van der Waals surface area contributed by atoms with Crippen LogP contribution in [-0.4, -0.2) is 41.3 Å². The minimum atomic E-state index is -0.678. The molecule has 0 fully saturated rings. The topological polar surface area (TPSA) is 55.8 Å². The second-order valence-corrected chi connectivity index (χ2v) is 5.49. The monoisotopic (exact) mass is 255 g/mol. The van der Waals surface area contributed by atoms with Gasteiger partial charge in [-0.05, 0) is 34.6 Å². The van der Waals surface area contributed by atoms with Crippen LogP contribution in [0.5, 0.6) is 0 Å². The zero-order valence-corrected chi connectivity index (χ0v) is 11.6. The fourth-order valence-corrected chi connectivity index (χ4v) is 1.54. The number of ether oxygens (including phenoxy) is 2. The highest BCUT2D eigenvalue weighted by molar-refractivity contribution is 5.84. The Morgan fingerprint density at radius 1 is 1.33 bits per heavy atom. The lowest BCUT2D eigenvalue weighted by atomic mass is 10.2. The predicted octanol–water partition coefficient (Wildman–Crippen LogP) is 2.11. The lowest BCUT2D eigenvalue weighted by Crippen LogP contribution is -2.44. The minimum absolute atomic E-state index is 0.202. The molecule has 0 aromatic heterocycles. The van der Waals surface area contributed by atoms with Gasteiger partial charge in [-0.1, -0.05) is 12.2 Å². The van der Waals surface area contributed by atoms with E-state index in [-0.39, 0.29) is 6.10 Å². The number of rotatable bonds is 2. The molecule has 0 saturated carbocycles. The average Bonchev–Trinajstić information content (AvgIpc) is 2.61. The Morgan fingerprint density at radius 3 is 2.44 bits per heavy atom. The van der Waals surface area contributed by atoms with E-state index in [0.29, 0.717) is 6.54 Å². The Hall–Kier alpha value is -1.52. The Morgan fingerprint density at radius 2 is 1.94 bits per heavy atom. The standard InChI is InChI=1S/C13H21NO4/c1-9(2)17-11(15)10-7-6-8-14(10)12(16)18-13(3,4)5/h6-7,9-10H,8H2,1-5H3/t10-/m1/s1. The summed E-state index contributed by atoms with van der Waals surface area (Å²) in [5, 5.41) is 0. The summed E-state index contributed by atoms with van der Waals surface area (Å²) in [7, 11) is 0. The van der Waals surface area contributed by atoms with Gasteiger partial charge in [0.2, 0.25) is 0 Å². The van der Waals surface area contributed by atoms with Gasteiger partial charge in [-0.2, -0.15) is 0 Å². The van der Waals surface area contributed by atoms with E-state index in [1.807, 2.05) is 0 Å². The van der Waals surface area contributed by atoms with Crippen LogP contribution in [0.25, 0.3) is 0 Å². The quantitative estimate of drug-likeness (QED) is 0.560. The van der Waals surface area contributed by atoms with Crippen LogP contribution >= 0.6 is 0 Å². The maximum Gasteiger partial charge on any atom is 0.411 e. The first-order valence-electron chi connectivity index (χ1n) is 6.07. The molecule has 1 amide bonds. The molecule has 0 radical (unpaired) electrons. The highest BCUT2D eigenvalue weighted by Gasteiger charge is 2.34. The number of esters is 1. The summed E-state index contributed by atoms with van der Waals surface area (Å²) in [5.41, 5.74) is -0.577. The molecule has 1 aliphatic rings. The summed E-state index contributed by atoms with van der Waals surface area (Å²) in [6.45, 7) is 9.27. The first kappa shape index (κ1) is 14.5. The van der Waals surface area contributed by atoms with E-state index in [0.717, 1.165) is 0 Å². The van der Waals surface area contributed by atoms with Gasteiger partial charge < -0.3 is 9.47 Å². The maximum atomic E-state index is 11.9. The zero-order chi connectivity index (χ0) is 13.9. The van der Waals surface area contributed by atoms with Crippen LogP contribution in [-0.2, 0) is 14.3 Å². The Labute approximate surface area is 108 Å². The van der Waals surface area contributed by atoms with Gasteiger partial charge in [0, 0.05) is 6.54 Å². The third-order valence-corrected chi connectivity index (χ3v) is 2.18. The van der Waals surface area contributed by atoms with Crippen LogP contribution in [0.1, 0.15) is 34.6 Å². The summed E-state index contributed by atoms with van der Waals surface area (Å²) in [6.07, 6.45) is 2.72. The number of nitrogens with zero attached hydrogens (tertiary/aromatic N) is 1. The van der Waals surface area contributed by atoms with Gasteiger partial charge in [-0.15, -0.1) is 0 Å². The molecule has 1 heterocycles. The Kier molecular flexibility index (Phi) is 4.38. The van der Waals surface area contributed by atoms with Gasteiger partial charge >= 0.3 is 12.1 Å². The van der Waals surface area contributed by atoms with Crippen LogP contribution in [0.3, 0.4) is 0 Å². The van der Waals surface area contributed by atoms with Gasteiger partial charge in [-0.3, -0.25) is 4.90 Å².